The van der Waals surface area contributed by atoms with Gasteiger partial charge < -0.3 is 0 Å². The molecule has 0 heterocycles. The number of benzene rings is 1. The molecule has 0 radical (unpaired) electrons. The van der Waals surface area contributed by atoms with Crippen LogP contribution in [0.15, 0.2) is 29.2 Å². The van der Waals surface area contributed by atoms with E-state index in [0.29, 0.717) is 0 Å². The lowest BCUT2D eigenvalue weighted by atomic mass is 10.3. The molecule has 0 atom stereocenters. The Morgan fingerprint density at radius 3 is 2.57 bits per heavy atom. The van der Waals surface area contributed by atoms with Crippen LogP contribution in [0.4, 0.5) is 4.39 Å². The summed E-state index contributed by atoms with van der Waals surface area (Å²) in [6.45, 7) is 0. The highest BCUT2D eigenvalue weighted by atomic mass is 32.2. The second-order valence-corrected chi connectivity index (χ2v) is 5.10. The fraction of sp³-hybridized carbons (Fsp3) is 0.455. The SMILES string of the molecule is CSCCCCSc1ccccc1F. The van der Waals surface area contributed by atoms with Crippen LogP contribution in [0.3, 0.4) is 0 Å². The van der Waals surface area contributed by atoms with Crippen molar-refractivity contribution in [2.75, 3.05) is 17.8 Å². The minimum absolute atomic E-state index is 0.0950. The lowest BCUT2D eigenvalue weighted by Crippen LogP contribution is -1.85. The minimum Gasteiger partial charge on any atom is -0.206 e. The molecule has 0 amide bonds. The summed E-state index contributed by atoms with van der Waals surface area (Å²) in [5.74, 6) is 2.13. The summed E-state index contributed by atoms with van der Waals surface area (Å²) in [4.78, 5) is 0.775. The summed E-state index contributed by atoms with van der Waals surface area (Å²) < 4.78 is 13.1. The molecule has 1 aromatic rings. The number of unbranched alkanes of at least 4 members (excludes halogenated alkanes) is 1. The van der Waals surface area contributed by atoms with Crippen LogP contribution in [-0.2, 0) is 0 Å². The fourth-order valence-electron chi connectivity index (χ4n) is 1.09. The van der Waals surface area contributed by atoms with E-state index in [1.807, 2.05) is 23.9 Å². The molecule has 0 saturated carbocycles. The summed E-state index contributed by atoms with van der Waals surface area (Å²) in [5.41, 5.74) is 0. The minimum atomic E-state index is -0.0950. The smallest absolute Gasteiger partial charge is 0.136 e. The Kier molecular flexibility index (Phi) is 6.12. The van der Waals surface area contributed by atoms with Gasteiger partial charge in [0.15, 0.2) is 0 Å². The Morgan fingerprint density at radius 1 is 1.14 bits per heavy atom. The summed E-state index contributed by atoms with van der Waals surface area (Å²) in [6, 6.07) is 6.97. The molecule has 14 heavy (non-hydrogen) atoms. The van der Waals surface area contributed by atoms with Gasteiger partial charge in [0.1, 0.15) is 5.82 Å². The molecule has 0 aliphatic heterocycles. The molecule has 0 nitrogen and oxygen atoms in total. The molecule has 78 valence electrons. The third-order valence-corrected chi connectivity index (χ3v) is 3.67. The maximum atomic E-state index is 13.1. The van der Waals surface area contributed by atoms with Crippen LogP contribution >= 0.6 is 23.5 Å². The molecule has 0 N–H and O–H groups in total. The molecule has 1 aromatic carbocycles. The van der Waals surface area contributed by atoms with Crippen molar-refractivity contribution in [1.29, 1.82) is 0 Å². The molecule has 1 rings (SSSR count). The number of halogens is 1. The van der Waals surface area contributed by atoms with E-state index in [4.69, 9.17) is 0 Å². The van der Waals surface area contributed by atoms with Gasteiger partial charge in [-0.25, -0.2) is 4.39 Å². The van der Waals surface area contributed by atoms with Crippen molar-refractivity contribution in [2.24, 2.45) is 0 Å². The van der Waals surface area contributed by atoms with Crippen LogP contribution in [0.25, 0.3) is 0 Å². The molecule has 0 fully saturated rings. The van der Waals surface area contributed by atoms with Gasteiger partial charge in [-0.05, 0) is 42.7 Å². The number of hydrogen-bond donors (Lipinski definition) is 0. The third kappa shape index (κ3) is 4.38. The van der Waals surface area contributed by atoms with Crippen LogP contribution in [0, 0.1) is 5.82 Å². The molecule has 0 spiro atoms. The normalized spacial score (nSPS) is 10.4. The molecular formula is C11H15FS2. The van der Waals surface area contributed by atoms with Crippen molar-refractivity contribution in [3.8, 4) is 0 Å². The third-order valence-electron chi connectivity index (χ3n) is 1.84. The van der Waals surface area contributed by atoms with Crippen LogP contribution in [0.5, 0.6) is 0 Å². The average molecular weight is 230 g/mol. The van der Waals surface area contributed by atoms with E-state index in [1.54, 1.807) is 17.8 Å². The Hall–Kier alpha value is -0.150. The molecule has 3 heteroatoms. The molecule has 0 aliphatic rings. The Balaban J connectivity index is 2.21. The standard InChI is InChI=1S/C11H15FS2/c1-13-8-4-5-9-14-11-7-3-2-6-10(11)12/h2-3,6-7H,4-5,8-9H2,1H3. The van der Waals surface area contributed by atoms with Crippen molar-refractivity contribution in [1.82, 2.24) is 0 Å². The highest BCUT2D eigenvalue weighted by molar-refractivity contribution is 7.99. The van der Waals surface area contributed by atoms with Gasteiger partial charge in [-0.3, -0.25) is 0 Å². The number of rotatable bonds is 6. The Labute approximate surface area is 93.7 Å². The number of thioether (sulfide) groups is 2. The summed E-state index contributed by atoms with van der Waals surface area (Å²) in [6.07, 6.45) is 4.51. The zero-order chi connectivity index (χ0) is 10.2. The van der Waals surface area contributed by atoms with Crippen LogP contribution < -0.4 is 0 Å². The second kappa shape index (κ2) is 7.18. The lowest BCUT2D eigenvalue weighted by Gasteiger charge is -2.02. The van der Waals surface area contributed by atoms with Gasteiger partial charge in [-0.15, -0.1) is 11.8 Å². The van der Waals surface area contributed by atoms with Crippen LogP contribution in [0.2, 0.25) is 0 Å². The molecule has 0 unspecified atom stereocenters. The van der Waals surface area contributed by atoms with Crippen molar-refractivity contribution < 1.29 is 4.39 Å². The Bertz CT molecular complexity index is 263. The van der Waals surface area contributed by atoms with Gasteiger partial charge in [0.2, 0.25) is 0 Å². The zero-order valence-corrected chi connectivity index (χ0v) is 9.97. The Morgan fingerprint density at radius 2 is 1.86 bits per heavy atom. The van der Waals surface area contributed by atoms with E-state index in [2.05, 4.69) is 6.26 Å². The van der Waals surface area contributed by atoms with Gasteiger partial charge >= 0.3 is 0 Å². The van der Waals surface area contributed by atoms with E-state index in [-0.39, 0.29) is 5.82 Å². The van der Waals surface area contributed by atoms with E-state index < -0.39 is 0 Å². The first-order valence-electron chi connectivity index (χ1n) is 4.71. The molecule has 0 bridgehead atoms. The van der Waals surface area contributed by atoms with Crippen molar-refractivity contribution in [3.05, 3.63) is 30.1 Å². The summed E-state index contributed by atoms with van der Waals surface area (Å²) >= 11 is 3.48. The molecule has 0 aliphatic carbocycles. The highest BCUT2D eigenvalue weighted by Crippen LogP contribution is 2.22. The predicted molar refractivity (Wildman–Crippen MR) is 64.7 cm³/mol. The molecular weight excluding hydrogens is 215 g/mol. The molecule has 0 aromatic heterocycles. The van der Waals surface area contributed by atoms with Gasteiger partial charge in [-0.2, -0.15) is 11.8 Å². The topological polar surface area (TPSA) is 0 Å². The zero-order valence-electron chi connectivity index (χ0n) is 8.33. The first kappa shape index (κ1) is 11.9. The van der Waals surface area contributed by atoms with Gasteiger partial charge in [-0.1, -0.05) is 12.1 Å². The molecule has 0 saturated heterocycles. The van der Waals surface area contributed by atoms with Gasteiger partial charge in [0.05, 0.1) is 0 Å². The van der Waals surface area contributed by atoms with Crippen molar-refractivity contribution in [2.45, 2.75) is 17.7 Å². The summed E-state index contributed by atoms with van der Waals surface area (Å²) in [5, 5.41) is 0. The quantitative estimate of drug-likeness (QED) is 0.534. The van der Waals surface area contributed by atoms with Crippen molar-refractivity contribution >= 4 is 23.5 Å². The monoisotopic (exact) mass is 230 g/mol. The fourth-order valence-corrected chi connectivity index (χ4v) is 2.53. The van der Waals surface area contributed by atoms with Gasteiger partial charge in [0.25, 0.3) is 0 Å². The van der Waals surface area contributed by atoms with E-state index >= 15 is 0 Å². The second-order valence-electron chi connectivity index (χ2n) is 2.98. The average Bonchev–Trinajstić information content (AvgIpc) is 2.20. The number of hydrogen-bond acceptors (Lipinski definition) is 2. The van der Waals surface area contributed by atoms with E-state index in [1.165, 1.54) is 24.7 Å². The summed E-state index contributed by atoms with van der Waals surface area (Å²) in [7, 11) is 0. The van der Waals surface area contributed by atoms with E-state index in [9.17, 15) is 4.39 Å². The largest absolute Gasteiger partial charge is 0.206 e. The van der Waals surface area contributed by atoms with E-state index in [0.717, 1.165) is 10.6 Å². The van der Waals surface area contributed by atoms with Crippen LogP contribution in [0.1, 0.15) is 12.8 Å². The highest BCUT2D eigenvalue weighted by Gasteiger charge is 1.99. The maximum Gasteiger partial charge on any atom is 0.136 e. The lowest BCUT2D eigenvalue weighted by molar-refractivity contribution is 0.602. The van der Waals surface area contributed by atoms with Gasteiger partial charge in [0, 0.05) is 4.90 Å². The first-order valence-corrected chi connectivity index (χ1v) is 7.09. The van der Waals surface area contributed by atoms with Crippen LogP contribution in [-0.4, -0.2) is 17.8 Å². The maximum absolute atomic E-state index is 13.1. The first-order chi connectivity index (χ1) is 6.84. The predicted octanol–water partition coefficient (Wildman–Crippen LogP) is 4.06. The van der Waals surface area contributed by atoms with Crippen molar-refractivity contribution in [3.63, 3.8) is 0 Å².